The van der Waals surface area contributed by atoms with Crippen LogP contribution in [0.4, 0.5) is 14.9 Å². The zero-order chi connectivity index (χ0) is 16.9. The molecule has 2 N–H and O–H groups in total. The van der Waals surface area contributed by atoms with Crippen molar-refractivity contribution in [2.24, 2.45) is 0 Å². The van der Waals surface area contributed by atoms with Crippen LogP contribution in [0, 0.1) is 5.82 Å². The van der Waals surface area contributed by atoms with Crippen molar-refractivity contribution in [3.05, 3.63) is 54.2 Å². The molecule has 2 aromatic rings. The Morgan fingerprint density at radius 3 is 2.92 bits per heavy atom. The minimum absolute atomic E-state index is 0.224. The van der Waals surface area contributed by atoms with Crippen LogP contribution in [-0.2, 0) is 11.3 Å². The molecule has 3 amide bonds. The molecule has 24 heavy (non-hydrogen) atoms. The van der Waals surface area contributed by atoms with E-state index < -0.39 is 17.9 Å². The molecule has 1 saturated heterocycles. The van der Waals surface area contributed by atoms with E-state index in [1.807, 2.05) is 0 Å². The zero-order valence-electron chi connectivity index (χ0n) is 13.0. The van der Waals surface area contributed by atoms with Gasteiger partial charge in [-0.2, -0.15) is 0 Å². The maximum Gasteiger partial charge on any atom is 0.322 e. The molecule has 0 bridgehead atoms. The molecule has 1 atom stereocenters. The van der Waals surface area contributed by atoms with Gasteiger partial charge in [0.25, 0.3) is 0 Å². The number of carbonyl (C=O) groups is 2. The maximum atomic E-state index is 13.2. The second-order valence-electron chi connectivity index (χ2n) is 5.59. The minimum Gasteiger partial charge on any atom is -0.467 e. The van der Waals surface area contributed by atoms with Gasteiger partial charge in [-0.05, 0) is 43.2 Å². The van der Waals surface area contributed by atoms with Gasteiger partial charge in [0.05, 0.1) is 12.8 Å². The van der Waals surface area contributed by atoms with E-state index in [1.54, 1.807) is 18.2 Å². The van der Waals surface area contributed by atoms with Crippen molar-refractivity contribution in [3.8, 4) is 0 Å². The van der Waals surface area contributed by atoms with Crippen molar-refractivity contribution >= 4 is 17.6 Å². The van der Waals surface area contributed by atoms with E-state index in [-0.39, 0.29) is 12.5 Å². The minimum atomic E-state index is -0.534. The highest BCUT2D eigenvalue weighted by atomic mass is 19.1. The van der Waals surface area contributed by atoms with Gasteiger partial charge >= 0.3 is 6.03 Å². The van der Waals surface area contributed by atoms with Crippen LogP contribution < -0.4 is 10.6 Å². The summed E-state index contributed by atoms with van der Waals surface area (Å²) in [6.07, 6.45) is 2.88. The predicted octanol–water partition coefficient (Wildman–Crippen LogP) is 2.73. The third-order valence-corrected chi connectivity index (χ3v) is 3.91. The maximum absolute atomic E-state index is 13.2. The number of anilines is 1. The molecule has 0 saturated carbocycles. The molecule has 6 nitrogen and oxygen atoms in total. The van der Waals surface area contributed by atoms with Gasteiger partial charge < -0.3 is 20.0 Å². The second kappa shape index (κ2) is 7.16. The fourth-order valence-electron chi connectivity index (χ4n) is 2.75. The number of nitrogens with one attached hydrogen (secondary N) is 2. The second-order valence-corrected chi connectivity index (χ2v) is 5.59. The van der Waals surface area contributed by atoms with E-state index in [1.165, 1.54) is 29.4 Å². The number of nitrogens with zero attached hydrogens (tertiary/aromatic N) is 1. The number of halogens is 1. The van der Waals surface area contributed by atoms with E-state index in [0.29, 0.717) is 24.4 Å². The number of hydrogen-bond acceptors (Lipinski definition) is 3. The molecule has 1 aliphatic heterocycles. The van der Waals surface area contributed by atoms with Gasteiger partial charge in [-0.25, -0.2) is 9.18 Å². The lowest BCUT2D eigenvalue weighted by Gasteiger charge is -2.24. The number of benzene rings is 1. The van der Waals surface area contributed by atoms with Gasteiger partial charge in [0, 0.05) is 12.2 Å². The summed E-state index contributed by atoms with van der Waals surface area (Å²) in [6.45, 7) is 0.766. The SMILES string of the molecule is O=C(NCc1ccco1)C1CCCN1C(=O)Nc1cccc(F)c1. The summed E-state index contributed by atoms with van der Waals surface area (Å²) in [7, 11) is 0. The summed E-state index contributed by atoms with van der Waals surface area (Å²) >= 11 is 0. The lowest BCUT2D eigenvalue weighted by atomic mass is 10.2. The summed E-state index contributed by atoms with van der Waals surface area (Å²) in [5, 5.41) is 5.40. The lowest BCUT2D eigenvalue weighted by Crippen LogP contribution is -2.47. The first-order valence-electron chi connectivity index (χ1n) is 7.77. The number of hydrogen-bond donors (Lipinski definition) is 2. The summed E-state index contributed by atoms with van der Waals surface area (Å²) in [5.74, 6) is -0.00244. The number of rotatable bonds is 4. The monoisotopic (exact) mass is 331 g/mol. The molecule has 1 fully saturated rings. The summed E-state index contributed by atoms with van der Waals surface area (Å²) in [4.78, 5) is 26.2. The highest BCUT2D eigenvalue weighted by Crippen LogP contribution is 2.19. The Balaban J connectivity index is 1.59. The van der Waals surface area contributed by atoms with E-state index in [9.17, 15) is 14.0 Å². The van der Waals surface area contributed by atoms with Crippen LogP contribution in [0.5, 0.6) is 0 Å². The van der Waals surface area contributed by atoms with Gasteiger partial charge in [-0.3, -0.25) is 4.79 Å². The normalized spacial score (nSPS) is 16.9. The Bertz CT molecular complexity index is 718. The van der Waals surface area contributed by atoms with Crippen molar-refractivity contribution in [3.63, 3.8) is 0 Å². The van der Waals surface area contributed by atoms with E-state index in [4.69, 9.17) is 4.42 Å². The molecule has 3 rings (SSSR count). The molecule has 0 spiro atoms. The Hall–Kier alpha value is -2.83. The van der Waals surface area contributed by atoms with Crippen LogP contribution in [0.2, 0.25) is 0 Å². The molecular formula is C17H18FN3O3. The number of amides is 3. The van der Waals surface area contributed by atoms with Crippen molar-refractivity contribution in [1.82, 2.24) is 10.2 Å². The van der Waals surface area contributed by atoms with Crippen LogP contribution in [0.25, 0.3) is 0 Å². The Labute approximate surface area is 138 Å². The van der Waals surface area contributed by atoms with Crippen LogP contribution in [-0.4, -0.2) is 29.4 Å². The Morgan fingerprint density at radius 2 is 2.17 bits per heavy atom. The van der Waals surface area contributed by atoms with E-state index >= 15 is 0 Å². The number of carbonyl (C=O) groups excluding carboxylic acids is 2. The average molecular weight is 331 g/mol. The molecule has 2 heterocycles. The van der Waals surface area contributed by atoms with Crippen LogP contribution in [0.1, 0.15) is 18.6 Å². The van der Waals surface area contributed by atoms with Gasteiger partial charge in [0.2, 0.25) is 5.91 Å². The number of urea groups is 1. The molecule has 1 aromatic carbocycles. The summed E-state index contributed by atoms with van der Waals surface area (Å²) < 4.78 is 18.4. The average Bonchev–Trinajstić information content (AvgIpc) is 3.24. The summed E-state index contributed by atoms with van der Waals surface area (Å²) in [6, 6.07) is 8.23. The quantitative estimate of drug-likeness (QED) is 0.904. The topological polar surface area (TPSA) is 74.6 Å². The molecule has 7 heteroatoms. The fourth-order valence-corrected chi connectivity index (χ4v) is 2.75. The highest BCUT2D eigenvalue weighted by Gasteiger charge is 2.34. The van der Waals surface area contributed by atoms with Crippen LogP contribution >= 0.6 is 0 Å². The van der Waals surface area contributed by atoms with Crippen molar-refractivity contribution in [2.75, 3.05) is 11.9 Å². The van der Waals surface area contributed by atoms with Crippen LogP contribution in [0.3, 0.4) is 0 Å². The molecular weight excluding hydrogens is 313 g/mol. The smallest absolute Gasteiger partial charge is 0.322 e. The third-order valence-electron chi connectivity index (χ3n) is 3.91. The predicted molar refractivity (Wildman–Crippen MR) is 85.7 cm³/mol. The first kappa shape index (κ1) is 16.0. The van der Waals surface area contributed by atoms with Gasteiger partial charge in [-0.15, -0.1) is 0 Å². The van der Waals surface area contributed by atoms with Crippen molar-refractivity contribution < 1.29 is 18.4 Å². The van der Waals surface area contributed by atoms with Crippen molar-refractivity contribution in [2.45, 2.75) is 25.4 Å². The zero-order valence-corrected chi connectivity index (χ0v) is 13.0. The molecule has 1 aromatic heterocycles. The molecule has 0 radical (unpaired) electrons. The summed E-state index contributed by atoms with van der Waals surface area (Å²) in [5.41, 5.74) is 0.363. The van der Waals surface area contributed by atoms with E-state index in [0.717, 1.165) is 6.42 Å². The van der Waals surface area contributed by atoms with Gasteiger partial charge in [0.15, 0.2) is 0 Å². The van der Waals surface area contributed by atoms with Crippen LogP contribution in [0.15, 0.2) is 47.1 Å². The molecule has 1 aliphatic rings. The van der Waals surface area contributed by atoms with Gasteiger partial charge in [0.1, 0.15) is 17.6 Å². The van der Waals surface area contributed by atoms with Crippen molar-refractivity contribution in [1.29, 1.82) is 0 Å². The number of likely N-dealkylation sites (tertiary alicyclic amines) is 1. The third kappa shape index (κ3) is 3.73. The Kier molecular flexibility index (Phi) is 4.79. The highest BCUT2D eigenvalue weighted by molar-refractivity contribution is 5.94. The lowest BCUT2D eigenvalue weighted by molar-refractivity contribution is -0.124. The molecule has 1 unspecified atom stereocenters. The van der Waals surface area contributed by atoms with E-state index in [2.05, 4.69) is 10.6 Å². The fraction of sp³-hybridized carbons (Fsp3) is 0.294. The first-order valence-corrected chi connectivity index (χ1v) is 7.77. The standard InChI is InChI=1S/C17H18FN3O3/c18-12-4-1-5-13(10-12)20-17(23)21-8-2-7-15(21)16(22)19-11-14-6-3-9-24-14/h1,3-6,9-10,15H,2,7-8,11H2,(H,19,22)(H,20,23). The molecule has 126 valence electrons. The van der Waals surface area contributed by atoms with Gasteiger partial charge in [-0.1, -0.05) is 6.07 Å². The molecule has 0 aliphatic carbocycles. The number of furan rings is 1. The largest absolute Gasteiger partial charge is 0.467 e. The first-order chi connectivity index (χ1) is 11.6. The Morgan fingerprint density at radius 1 is 1.29 bits per heavy atom.